The lowest BCUT2D eigenvalue weighted by Crippen LogP contribution is -2.56. The van der Waals surface area contributed by atoms with E-state index in [-0.39, 0.29) is 23.1 Å². The fraction of sp³-hybridized carbons (Fsp3) is 0.214. The number of halogens is 1. The summed E-state index contributed by atoms with van der Waals surface area (Å²) in [5.74, 6) is 0.226. The Bertz CT molecular complexity index is 725. The van der Waals surface area contributed by atoms with Crippen LogP contribution >= 0.6 is 15.9 Å². The molecule has 108 valence electrons. The molecule has 1 N–H and O–H groups in total. The van der Waals surface area contributed by atoms with E-state index in [2.05, 4.69) is 25.9 Å². The average molecular weight is 350 g/mol. The highest BCUT2D eigenvalue weighted by Gasteiger charge is 2.34. The second kappa shape index (κ2) is 5.69. The summed E-state index contributed by atoms with van der Waals surface area (Å²) in [6.45, 7) is 0.881. The van der Waals surface area contributed by atoms with Crippen LogP contribution < -0.4 is 10.3 Å². The van der Waals surface area contributed by atoms with E-state index in [1.165, 1.54) is 12.3 Å². The zero-order chi connectivity index (χ0) is 14.8. The second-order valence-corrected chi connectivity index (χ2v) is 5.51. The molecule has 7 heteroatoms. The van der Waals surface area contributed by atoms with Gasteiger partial charge in [-0.05, 0) is 40.2 Å². The molecular weight excluding hydrogens is 338 g/mol. The van der Waals surface area contributed by atoms with Gasteiger partial charge in [-0.15, -0.1) is 0 Å². The fourth-order valence-corrected chi connectivity index (χ4v) is 2.40. The van der Waals surface area contributed by atoms with Gasteiger partial charge in [-0.1, -0.05) is 0 Å². The lowest BCUT2D eigenvalue weighted by atomic mass is 10.1. The molecule has 0 unspecified atom stereocenters. The molecule has 0 aromatic carbocycles. The van der Waals surface area contributed by atoms with E-state index < -0.39 is 0 Å². The molecule has 2 aromatic heterocycles. The average Bonchev–Trinajstić information content (AvgIpc) is 2.44. The number of aromatic amines is 1. The smallest absolute Gasteiger partial charge is 0.260 e. The summed E-state index contributed by atoms with van der Waals surface area (Å²) in [5.41, 5.74) is -0.227. The third-order valence-corrected chi connectivity index (χ3v) is 3.79. The first-order valence-electron chi connectivity index (χ1n) is 6.39. The number of rotatable bonds is 3. The number of nitrogens with zero attached hydrogens (tertiary/aromatic N) is 2. The maximum Gasteiger partial charge on any atom is 0.260 e. The number of pyridine rings is 2. The minimum atomic E-state index is -0.376. The zero-order valence-electron chi connectivity index (χ0n) is 11.0. The number of hydrogen-bond acceptors (Lipinski definition) is 4. The molecule has 1 saturated heterocycles. The molecule has 21 heavy (non-hydrogen) atoms. The van der Waals surface area contributed by atoms with Gasteiger partial charge in [0.1, 0.15) is 11.7 Å². The van der Waals surface area contributed by atoms with Crippen molar-refractivity contribution in [3.05, 3.63) is 57.0 Å². The van der Waals surface area contributed by atoms with Gasteiger partial charge in [-0.2, -0.15) is 0 Å². The van der Waals surface area contributed by atoms with Crippen LogP contribution in [0.2, 0.25) is 0 Å². The lowest BCUT2D eigenvalue weighted by molar-refractivity contribution is 0.0155. The van der Waals surface area contributed by atoms with Gasteiger partial charge >= 0.3 is 0 Å². The predicted octanol–water partition coefficient (Wildman–Crippen LogP) is 1.44. The lowest BCUT2D eigenvalue weighted by Gasteiger charge is -2.38. The molecule has 1 fully saturated rings. The highest BCUT2D eigenvalue weighted by molar-refractivity contribution is 9.10. The molecule has 0 saturated carbocycles. The highest BCUT2D eigenvalue weighted by Crippen LogP contribution is 2.24. The van der Waals surface area contributed by atoms with Crippen LogP contribution in [0.3, 0.4) is 0 Å². The maximum atomic E-state index is 12.1. The standard InChI is InChI=1S/C14H12BrN3O3/c15-11-4-2-6-17-13(11)21-9-7-18(8-9)14(20)10-3-1-5-16-12(10)19/h1-6,9H,7-8H2,(H,16,19). The number of hydrogen-bond donors (Lipinski definition) is 1. The molecule has 2 aromatic rings. The number of carbonyl (C=O) groups is 1. The molecule has 0 radical (unpaired) electrons. The first-order valence-corrected chi connectivity index (χ1v) is 7.18. The third kappa shape index (κ3) is 2.82. The van der Waals surface area contributed by atoms with Gasteiger partial charge in [0.15, 0.2) is 0 Å². The van der Waals surface area contributed by atoms with Crippen LogP contribution in [0.1, 0.15) is 10.4 Å². The largest absolute Gasteiger partial charge is 0.470 e. The molecule has 0 aliphatic carbocycles. The van der Waals surface area contributed by atoms with Crippen molar-refractivity contribution in [1.82, 2.24) is 14.9 Å². The summed E-state index contributed by atoms with van der Waals surface area (Å²) in [5, 5.41) is 0. The van der Waals surface area contributed by atoms with E-state index >= 15 is 0 Å². The van der Waals surface area contributed by atoms with E-state index in [9.17, 15) is 9.59 Å². The Labute approximate surface area is 128 Å². The second-order valence-electron chi connectivity index (χ2n) is 4.65. The Hall–Kier alpha value is -2.15. The van der Waals surface area contributed by atoms with Gasteiger partial charge in [0, 0.05) is 12.4 Å². The van der Waals surface area contributed by atoms with Crippen molar-refractivity contribution in [2.75, 3.05) is 13.1 Å². The fourth-order valence-electron chi connectivity index (χ4n) is 2.05. The Morgan fingerprint density at radius 3 is 2.90 bits per heavy atom. The molecule has 0 bridgehead atoms. The Morgan fingerprint density at radius 1 is 1.38 bits per heavy atom. The summed E-state index contributed by atoms with van der Waals surface area (Å²) in [4.78, 5) is 31.9. The molecule has 1 aliphatic heterocycles. The minimum absolute atomic E-state index is 0.108. The van der Waals surface area contributed by atoms with Gasteiger partial charge in [0.25, 0.3) is 11.5 Å². The summed E-state index contributed by atoms with van der Waals surface area (Å²) < 4.78 is 6.46. The molecule has 1 amide bonds. The maximum absolute atomic E-state index is 12.1. The van der Waals surface area contributed by atoms with Crippen LogP contribution in [-0.2, 0) is 0 Å². The monoisotopic (exact) mass is 349 g/mol. The first-order chi connectivity index (χ1) is 10.1. The van der Waals surface area contributed by atoms with Crippen LogP contribution in [0.4, 0.5) is 0 Å². The van der Waals surface area contributed by atoms with Crippen LogP contribution in [0.5, 0.6) is 5.88 Å². The Morgan fingerprint density at radius 2 is 2.19 bits per heavy atom. The number of aromatic nitrogens is 2. The third-order valence-electron chi connectivity index (χ3n) is 3.19. The van der Waals surface area contributed by atoms with Crippen LogP contribution in [-0.4, -0.2) is 40.0 Å². The molecule has 3 rings (SSSR count). The van der Waals surface area contributed by atoms with Crippen LogP contribution in [0.25, 0.3) is 0 Å². The number of carbonyl (C=O) groups excluding carboxylic acids is 1. The van der Waals surface area contributed by atoms with Crippen molar-refractivity contribution in [3.8, 4) is 5.88 Å². The van der Waals surface area contributed by atoms with Gasteiger partial charge in [0.2, 0.25) is 5.88 Å². The molecule has 1 aliphatic rings. The molecule has 3 heterocycles. The summed E-state index contributed by atoms with van der Waals surface area (Å²) in [6.07, 6.45) is 3.04. The van der Waals surface area contributed by atoms with Gasteiger partial charge < -0.3 is 14.6 Å². The Kier molecular flexibility index (Phi) is 3.74. The molecule has 0 spiro atoms. The van der Waals surface area contributed by atoms with Gasteiger partial charge in [-0.3, -0.25) is 9.59 Å². The van der Waals surface area contributed by atoms with Gasteiger partial charge in [0.05, 0.1) is 17.6 Å². The van der Waals surface area contributed by atoms with Crippen molar-refractivity contribution in [2.24, 2.45) is 0 Å². The van der Waals surface area contributed by atoms with E-state index in [1.807, 2.05) is 6.07 Å². The topological polar surface area (TPSA) is 75.3 Å². The van der Waals surface area contributed by atoms with Crippen LogP contribution in [0.15, 0.2) is 45.9 Å². The van der Waals surface area contributed by atoms with Crippen molar-refractivity contribution in [2.45, 2.75) is 6.10 Å². The van der Waals surface area contributed by atoms with Crippen LogP contribution in [0, 0.1) is 0 Å². The molecular formula is C14H12BrN3O3. The Balaban J connectivity index is 1.61. The van der Waals surface area contributed by atoms with E-state index in [4.69, 9.17) is 4.74 Å². The minimum Gasteiger partial charge on any atom is -0.470 e. The van der Waals surface area contributed by atoms with E-state index in [1.54, 1.807) is 23.2 Å². The van der Waals surface area contributed by atoms with Crippen molar-refractivity contribution in [3.63, 3.8) is 0 Å². The summed E-state index contributed by atoms with van der Waals surface area (Å²) in [6, 6.07) is 6.79. The van der Waals surface area contributed by atoms with Crippen molar-refractivity contribution in [1.29, 1.82) is 0 Å². The van der Waals surface area contributed by atoms with Gasteiger partial charge in [-0.25, -0.2) is 4.98 Å². The van der Waals surface area contributed by atoms with E-state index in [0.29, 0.717) is 19.0 Å². The number of amides is 1. The predicted molar refractivity (Wildman–Crippen MR) is 79.3 cm³/mol. The first kappa shape index (κ1) is 13.8. The molecule has 6 nitrogen and oxygen atoms in total. The number of likely N-dealkylation sites (tertiary alicyclic amines) is 1. The normalized spacial score (nSPS) is 14.6. The van der Waals surface area contributed by atoms with Crippen molar-refractivity contribution < 1.29 is 9.53 Å². The highest BCUT2D eigenvalue weighted by atomic mass is 79.9. The number of H-pyrrole nitrogens is 1. The SMILES string of the molecule is O=C(c1ccc[nH]c1=O)N1CC(Oc2ncccc2Br)C1. The molecule has 0 atom stereocenters. The van der Waals surface area contributed by atoms with E-state index in [0.717, 1.165) is 4.47 Å². The number of ether oxygens (including phenoxy) is 1. The zero-order valence-corrected chi connectivity index (χ0v) is 12.5. The quantitative estimate of drug-likeness (QED) is 0.909. The summed E-state index contributed by atoms with van der Waals surface area (Å²) >= 11 is 3.35. The van der Waals surface area contributed by atoms with Crippen molar-refractivity contribution >= 4 is 21.8 Å². The summed E-state index contributed by atoms with van der Waals surface area (Å²) in [7, 11) is 0. The number of nitrogens with one attached hydrogen (secondary N) is 1.